The number of fused-ring (bicyclic) bond motifs is 7. The van der Waals surface area contributed by atoms with Crippen LogP contribution in [0.1, 0.15) is 0 Å². The molecule has 0 bridgehead atoms. The van der Waals surface area contributed by atoms with Gasteiger partial charge in [0.25, 0.3) is 0 Å². The molecule has 3 nitrogen and oxygen atoms in total. The summed E-state index contributed by atoms with van der Waals surface area (Å²) in [6.07, 6.45) is 0. The summed E-state index contributed by atoms with van der Waals surface area (Å²) < 4.78 is 8.74. The zero-order chi connectivity index (χ0) is 27.6. The monoisotopic (exact) mass is 554 g/mol. The van der Waals surface area contributed by atoms with Crippen LogP contribution in [-0.4, -0.2) is 9.97 Å². The number of para-hydroxylation sites is 2. The van der Waals surface area contributed by atoms with Gasteiger partial charge in [-0.15, -0.1) is 11.3 Å². The normalized spacial score (nSPS) is 11.8. The SMILES string of the molecule is c1cc(-c2cccc(-c3cccc4c3sc3ccccc34)c2)cc(-c2ccc3oc4nc5ccccc5nc4c3c2)c1. The van der Waals surface area contributed by atoms with E-state index >= 15 is 0 Å². The molecule has 0 radical (unpaired) electrons. The quantitative estimate of drug-likeness (QED) is 0.218. The van der Waals surface area contributed by atoms with E-state index in [0.717, 1.165) is 38.6 Å². The van der Waals surface area contributed by atoms with Crippen LogP contribution in [0.15, 0.2) is 138 Å². The predicted molar refractivity (Wildman–Crippen MR) is 176 cm³/mol. The summed E-state index contributed by atoms with van der Waals surface area (Å²) in [5, 5.41) is 3.62. The average Bonchev–Trinajstić information content (AvgIpc) is 3.61. The zero-order valence-electron chi connectivity index (χ0n) is 22.4. The maximum absolute atomic E-state index is 6.08. The number of rotatable bonds is 3. The van der Waals surface area contributed by atoms with E-state index in [4.69, 9.17) is 14.4 Å². The number of benzene rings is 6. The molecular formula is C38H22N2OS. The van der Waals surface area contributed by atoms with Crippen molar-refractivity contribution in [3.05, 3.63) is 133 Å². The molecule has 196 valence electrons. The van der Waals surface area contributed by atoms with Gasteiger partial charge in [-0.05, 0) is 75.8 Å². The molecule has 0 aliphatic heterocycles. The van der Waals surface area contributed by atoms with Crippen molar-refractivity contribution in [3.8, 4) is 33.4 Å². The van der Waals surface area contributed by atoms with Gasteiger partial charge < -0.3 is 4.42 Å². The highest BCUT2D eigenvalue weighted by Crippen LogP contribution is 2.41. The minimum absolute atomic E-state index is 0.570. The summed E-state index contributed by atoms with van der Waals surface area (Å²) >= 11 is 1.87. The summed E-state index contributed by atoms with van der Waals surface area (Å²) in [5.41, 5.74) is 11.0. The molecule has 0 N–H and O–H groups in total. The minimum Gasteiger partial charge on any atom is -0.436 e. The summed E-state index contributed by atoms with van der Waals surface area (Å²) in [6.45, 7) is 0. The third kappa shape index (κ3) is 3.66. The average molecular weight is 555 g/mol. The molecule has 42 heavy (non-hydrogen) atoms. The molecule has 0 amide bonds. The van der Waals surface area contributed by atoms with Gasteiger partial charge in [0.1, 0.15) is 11.1 Å². The van der Waals surface area contributed by atoms with Crippen LogP contribution in [0.2, 0.25) is 0 Å². The van der Waals surface area contributed by atoms with Crippen LogP contribution in [0.4, 0.5) is 0 Å². The summed E-state index contributed by atoms with van der Waals surface area (Å²) in [7, 11) is 0. The van der Waals surface area contributed by atoms with Crippen LogP contribution in [-0.2, 0) is 0 Å². The van der Waals surface area contributed by atoms with E-state index in [0.29, 0.717) is 5.71 Å². The van der Waals surface area contributed by atoms with E-state index in [9.17, 15) is 0 Å². The van der Waals surface area contributed by atoms with Crippen LogP contribution in [0.5, 0.6) is 0 Å². The Bertz CT molecular complexity index is 2490. The van der Waals surface area contributed by atoms with Crippen LogP contribution in [0.25, 0.3) is 86.8 Å². The van der Waals surface area contributed by atoms with Crippen molar-refractivity contribution in [2.75, 3.05) is 0 Å². The first-order valence-electron chi connectivity index (χ1n) is 14.0. The Morgan fingerprint density at radius 1 is 0.476 bits per heavy atom. The van der Waals surface area contributed by atoms with Gasteiger partial charge in [-0.2, -0.15) is 0 Å². The standard InChI is InChI=1S/C38H22N2OS/c1-4-17-35-29(12-1)30-14-7-13-28(37(30)42-35)27-11-6-10-25(21-27)23-8-5-9-24(20-23)26-18-19-34-31(22-26)36-38(41-34)40-33-16-3-2-15-32(33)39-36/h1-22H. The van der Waals surface area contributed by atoms with Crippen molar-refractivity contribution in [1.82, 2.24) is 9.97 Å². The highest BCUT2D eigenvalue weighted by Gasteiger charge is 2.14. The van der Waals surface area contributed by atoms with Crippen molar-refractivity contribution in [3.63, 3.8) is 0 Å². The van der Waals surface area contributed by atoms with Gasteiger partial charge in [0.05, 0.1) is 11.0 Å². The summed E-state index contributed by atoms with van der Waals surface area (Å²) in [6, 6.07) is 47.2. The van der Waals surface area contributed by atoms with E-state index in [2.05, 4.69) is 103 Å². The van der Waals surface area contributed by atoms with Gasteiger partial charge in [0.15, 0.2) is 0 Å². The van der Waals surface area contributed by atoms with Crippen molar-refractivity contribution in [2.45, 2.75) is 0 Å². The summed E-state index contributed by atoms with van der Waals surface area (Å²) in [5.74, 6) is 0. The Hall–Kier alpha value is -5.32. The first kappa shape index (κ1) is 23.4. The molecule has 3 heterocycles. The fourth-order valence-electron chi connectivity index (χ4n) is 6.04. The van der Waals surface area contributed by atoms with Gasteiger partial charge in [-0.1, -0.05) is 91.0 Å². The highest BCUT2D eigenvalue weighted by molar-refractivity contribution is 7.26. The molecule has 0 unspecified atom stereocenters. The largest absolute Gasteiger partial charge is 0.436 e. The van der Waals surface area contributed by atoms with Gasteiger partial charge in [0.2, 0.25) is 5.71 Å². The molecule has 0 saturated heterocycles. The number of aromatic nitrogens is 2. The fraction of sp³-hybridized carbons (Fsp3) is 0. The van der Waals surface area contributed by atoms with Crippen LogP contribution in [0, 0.1) is 0 Å². The number of hydrogen-bond acceptors (Lipinski definition) is 4. The number of nitrogens with zero attached hydrogens (tertiary/aromatic N) is 2. The topological polar surface area (TPSA) is 38.9 Å². The molecule has 0 spiro atoms. The van der Waals surface area contributed by atoms with Crippen molar-refractivity contribution >= 4 is 64.7 Å². The van der Waals surface area contributed by atoms with Crippen molar-refractivity contribution in [1.29, 1.82) is 0 Å². The lowest BCUT2D eigenvalue weighted by molar-refractivity contribution is 0.655. The molecule has 4 heteroatoms. The number of thiophene rings is 1. The third-order valence-corrected chi connectivity index (χ3v) is 9.31. The van der Waals surface area contributed by atoms with E-state index in [1.165, 1.54) is 42.4 Å². The Labute approximate surface area is 245 Å². The second-order valence-corrected chi connectivity index (χ2v) is 11.7. The molecule has 0 saturated carbocycles. The molecule has 0 fully saturated rings. The molecule has 0 atom stereocenters. The molecule has 9 rings (SSSR count). The first-order chi connectivity index (χ1) is 20.8. The van der Waals surface area contributed by atoms with Crippen LogP contribution in [0.3, 0.4) is 0 Å². The van der Waals surface area contributed by atoms with Gasteiger partial charge in [0, 0.05) is 25.6 Å². The fourth-order valence-corrected chi connectivity index (χ4v) is 7.28. The van der Waals surface area contributed by atoms with Gasteiger partial charge in [-0.3, -0.25) is 0 Å². The summed E-state index contributed by atoms with van der Waals surface area (Å²) in [4.78, 5) is 9.59. The second-order valence-electron chi connectivity index (χ2n) is 10.6. The third-order valence-electron chi connectivity index (χ3n) is 8.09. The maximum Gasteiger partial charge on any atom is 0.246 e. The molecule has 9 aromatic rings. The molecular weight excluding hydrogens is 532 g/mol. The number of hydrogen-bond donors (Lipinski definition) is 0. The Balaban J connectivity index is 1.14. The minimum atomic E-state index is 0.570. The lowest BCUT2D eigenvalue weighted by Gasteiger charge is -2.09. The van der Waals surface area contributed by atoms with E-state index in [-0.39, 0.29) is 0 Å². The number of furan rings is 1. The lowest BCUT2D eigenvalue weighted by Crippen LogP contribution is -1.85. The second kappa shape index (κ2) is 9.10. The van der Waals surface area contributed by atoms with Gasteiger partial charge in [-0.25, -0.2) is 9.97 Å². The van der Waals surface area contributed by atoms with Crippen molar-refractivity contribution in [2.24, 2.45) is 0 Å². The molecule has 0 aliphatic carbocycles. The molecule has 0 aliphatic rings. The zero-order valence-corrected chi connectivity index (χ0v) is 23.2. The van der Waals surface area contributed by atoms with E-state index < -0.39 is 0 Å². The highest BCUT2D eigenvalue weighted by atomic mass is 32.1. The van der Waals surface area contributed by atoms with Crippen LogP contribution >= 0.6 is 11.3 Å². The first-order valence-corrected chi connectivity index (χ1v) is 14.8. The smallest absolute Gasteiger partial charge is 0.246 e. The lowest BCUT2D eigenvalue weighted by atomic mass is 9.95. The van der Waals surface area contributed by atoms with E-state index in [1.54, 1.807) is 0 Å². The molecule has 3 aromatic heterocycles. The Kier molecular flexibility index (Phi) is 5.07. The van der Waals surface area contributed by atoms with Crippen molar-refractivity contribution < 1.29 is 4.42 Å². The molecule has 6 aromatic carbocycles. The Morgan fingerprint density at radius 2 is 1.12 bits per heavy atom. The predicted octanol–water partition coefficient (Wildman–Crippen LogP) is 10.9. The van der Waals surface area contributed by atoms with Gasteiger partial charge >= 0.3 is 0 Å². The van der Waals surface area contributed by atoms with Crippen LogP contribution < -0.4 is 0 Å². The van der Waals surface area contributed by atoms with E-state index in [1.807, 2.05) is 41.7 Å². The maximum atomic E-state index is 6.08. The Morgan fingerprint density at radius 3 is 1.95 bits per heavy atom.